The first kappa shape index (κ1) is 54.5. The summed E-state index contributed by atoms with van der Waals surface area (Å²) in [5.74, 6) is -1.08. The lowest BCUT2D eigenvalue weighted by molar-refractivity contribution is 0.0599. The Morgan fingerprint density at radius 1 is 0.545 bits per heavy atom. The van der Waals surface area contributed by atoms with Gasteiger partial charge in [-0.25, -0.2) is 35.2 Å². The molecule has 2 aliphatic rings. The summed E-state index contributed by atoms with van der Waals surface area (Å²) >= 11 is 7.08. The summed E-state index contributed by atoms with van der Waals surface area (Å²) in [5, 5.41) is 9.81. The number of sulfonamides is 2. The van der Waals surface area contributed by atoms with Crippen LogP contribution in [0.5, 0.6) is 11.5 Å². The van der Waals surface area contributed by atoms with E-state index >= 15 is 0 Å². The molecule has 398 valence electrons. The highest BCUT2D eigenvalue weighted by Crippen LogP contribution is 2.40. The second-order valence-corrected chi connectivity index (χ2v) is 24.1. The Labute approximate surface area is 461 Å². The zero-order valence-corrected chi connectivity index (χ0v) is 46.6. The van der Waals surface area contributed by atoms with Crippen molar-refractivity contribution in [2.45, 2.75) is 39.9 Å². The Bertz CT molecular complexity index is 3780. The Morgan fingerprint density at radius 2 is 0.948 bits per heavy atom. The summed E-state index contributed by atoms with van der Waals surface area (Å²) in [6.07, 6.45) is 0.996. The predicted octanol–water partition coefficient (Wildman–Crippen LogP) is 12.4. The van der Waals surface area contributed by atoms with E-state index in [0.29, 0.717) is 60.2 Å². The van der Waals surface area contributed by atoms with Crippen LogP contribution >= 0.6 is 31.9 Å². The summed E-state index contributed by atoms with van der Waals surface area (Å²) in [4.78, 5) is 24.6. The minimum atomic E-state index is -3.51. The van der Waals surface area contributed by atoms with Crippen molar-refractivity contribution >= 4 is 75.2 Å². The van der Waals surface area contributed by atoms with Crippen LogP contribution in [0.2, 0.25) is 0 Å². The number of rotatable bonds is 14. The summed E-state index contributed by atoms with van der Waals surface area (Å²) in [6, 6.07) is 40.7. The van der Waals surface area contributed by atoms with Crippen LogP contribution in [0.25, 0.3) is 33.9 Å². The van der Waals surface area contributed by atoms with E-state index in [2.05, 4.69) is 31.9 Å². The Balaban J connectivity index is 0.000000188. The van der Waals surface area contributed by atoms with Gasteiger partial charge in [0.05, 0.1) is 52.5 Å². The Kier molecular flexibility index (Phi) is 16.1. The van der Waals surface area contributed by atoms with Gasteiger partial charge in [0.2, 0.25) is 20.0 Å². The largest absolute Gasteiger partial charge is 0.488 e. The van der Waals surface area contributed by atoms with E-state index in [1.54, 1.807) is 48.5 Å². The molecule has 0 amide bonds. The highest BCUT2D eigenvalue weighted by molar-refractivity contribution is 9.10. The van der Waals surface area contributed by atoms with Gasteiger partial charge < -0.3 is 28.5 Å². The predicted molar refractivity (Wildman–Crippen MR) is 299 cm³/mol. The molecule has 6 aromatic carbocycles. The van der Waals surface area contributed by atoms with Crippen LogP contribution in [0, 0.1) is 25.5 Å². The summed E-state index contributed by atoms with van der Waals surface area (Å²) in [7, 11) is -5.69. The standard InChI is InChI=1S/C29H26BrFN2O5S.C28H24BrFN2O5S/c1-19-4-10-27(26-16-22(30)7-11-28(26)38-18-20-5-8-23(31)9-6-20)33(19)25-15-21(29(34)37-2)14-24(17-25)32-12-3-13-39(32,35)36;1-18-3-9-26(25-15-21(29)6-10-27(25)37-17-19-4-7-22(30)8-5-19)32(18)24-14-20(28(33)34)13-23(16-24)31-11-2-12-38(31,35)36/h4-11,14-17H,3,12-13,18H2,1-2H3;3-10,13-16H,2,11-12,17H2,1H3,(H,33,34). The van der Waals surface area contributed by atoms with Crippen LogP contribution in [-0.2, 0) is 38.0 Å². The first-order valence-electron chi connectivity index (χ1n) is 24.1. The second-order valence-electron chi connectivity index (χ2n) is 18.3. The van der Waals surface area contributed by atoms with Crippen molar-refractivity contribution in [1.29, 1.82) is 0 Å². The molecule has 10 rings (SSSR count). The van der Waals surface area contributed by atoms with Gasteiger partial charge in [-0.2, -0.15) is 0 Å². The molecule has 0 spiro atoms. The average molecular weight is 1210 g/mol. The minimum absolute atomic E-state index is 0.0133. The van der Waals surface area contributed by atoms with Crippen LogP contribution < -0.4 is 18.1 Å². The Morgan fingerprint density at radius 3 is 1.34 bits per heavy atom. The maximum Gasteiger partial charge on any atom is 0.337 e. The smallest absolute Gasteiger partial charge is 0.337 e. The monoisotopic (exact) mass is 1210 g/mol. The van der Waals surface area contributed by atoms with Crippen molar-refractivity contribution in [1.82, 2.24) is 9.13 Å². The molecule has 2 aromatic heterocycles. The second kappa shape index (κ2) is 22.8. The lowest BCUT2D eigenvalue weighted by Crippen LogP contribution is -2.25. The third-order valence-corrected chi connectivity index (χ3v) is 17.7. The molecular weight excluding hydrogens is 1160 g/mol. The molecular formula is C57H50Br2F2N4O10S2. The number of aromatic nitrogens is 2. The van der Waals surface area contributed by atoms with E-state index < -0.39 is 32.0 Å². The molecule has 1 N–H and O–H groups in total. The number of aromatic carboxylic acids is 1. The fourth-order valence-electron chi connectivity index (χ4n) is 9.28. The number of aryl methyl sites for hydroxylation is 2. The number of benzene rings is 6. The molecule has 0 aliphatic carbocycles. The number of carbonyl (C=O) groups excluding carboxylic acids is 1. The Hall–Kier alpha value is -7.26. The fraction of sp³-hybridized carbons (Fsp3) is 0.193. The van der Waals surface area contributed by atoms with Gasteiger partial charge in [0.15, 0.2) is 0 Å². The zero-order chi connectivity index (χ0) is 54.8. The van der Waals surface area contributed by atoms with Crippen LogP contribution in [0.1, 0.15) is 56.1 Å². The third-order valence-electron chi connectivity index (χ3n) is 13.0. The van der Waals surface area contributed by atoms with E-state index in [9.17, 15) is 40.3 Å². The molecule has 77 heavy (non-hydrogen) atoms. The number of carbonyl (C=O) groups is 2. The van der Waals surface area contributed by atoms with Crippen molar-refractivity contribution in [2.75, 3.05) is 40.3 Å². The van der Waals surface area contributed by atoms with Crippen LogP contribution in [0.3, 0.4) is 0 Å². The van der Waals surface area contributed by atoms with Gasteiger partial charge in [0.25, 0.3) is 0 Å². The summed E-state index contributed by atoms with van der Waals surface area (Å²) in [6.45, 7) is 4.92. The molecule has 20 heteroatoms. The average Bonchev–Trinajstić information content (AvgIpc) is 4.25. The zero-order valence-electron chi connectivity index (χ0n) is 41.8. The molecule has 14 nitrogen and oxygen atoms in total. The minimum Gasteiger partial charge on any atom is -0.488 e. The van der Waals surface area contributed by atoms with E-state index in [4.69, 9.17) is 14.2 Å². The molecule has 0 atom stereocenters. The maximum atomic E-state index is 13.3. The third kappa shape index (κ3) is 12.2. The highest BCUT2D eigenvalue weighted by atomic mass is 79.9. The van der Waals surface area contributed by atoms with Crippen molar-refractivity contribution in [2.24, 2.45) is 0 Å². The lowest BCUT2D eigenvalue weighted by Gasteiger charge is -2.21. The molecule has 0 radical (unpaired) electrons. The van der Waals surface area contributed by atoms with Gasteiger partial charge in [-0.3, -0.25) is 8.61 Å². The van der Waals surface area contributed by atoms with E-state index in [1.807, 2.05) is 83.6 Å². The molecule has 2 aliphatic heterocycles. The van der Waals surface area contributed by atoms with Gasteiger partial charge >= 0.3 is 11.9 Å². The van der Waals surface area contributed by atoms with Crippen molar-refractivity contribution < 1.29 is 54.5 Å². The topological polar surface area (TPSA) is 167 Å². The van der Waals surface area contributed by atoms with Crippen molar-refractivity contribution in [3.8, 4) is 45.4 Å². The van der Waals surface area contributed by atoms with Gasteiger partial charge in [0.1, 0.15) is 36.3 Å². The fourth-order valence-corrected chi connectivity index (χ4v) is 13.1. The number of anilines is 2. The van der Waals surface area contributed by atoms with E-state index in [1.165, 1.54) is 52.1 Å². The molecule has 2 saturated heterocycles. The molecule has 2 fully saturated rings. The quantitative estimate of drug-likeness (QED) is 0.104. The van der Waals surface area contributed by atoms with Crippen molar-refractivity contribution in [3.63, 3.8) is 0 Å². The van der Waals surface area contributed by atoms with Gasteiger partial charge in [-0.15, -0.1) is 0 Å². The summed E-state index contributed by atoms with van der Waals surface area (Å²) < 4.78 is 103. The van der Waals surface area contributed by atoms with Gasteiger partial charge in [-0.1, -0.05) is 56.1 Å². The van der Waals surface area contributed by atoms with E-state index in [-0.39, 0.29) is 47.5 Å². The molecule has 4 heterocycles. The highest BCUT2D eigenvalue weighted by Gasteiger charge is 2.32. The van der Waals surface area contributed by atoms with Crippen LogP contribution in [-0.4, -0.2) is 74.7 Å². The van der Waals surface area contributed by atoms with Crippen LogP contribution in [0.4, 0.5) is 20.2 Å². The van der Waals surface area contributed by atoms with Crippen molar-refractivity contribution in [3.05, 3.63) is 200 Å². The van der Waals surface area contributed by atoms with E-state index in [0.717, 1.165) is 54.0 Å². The normalized spacial score (nSPS) is 14.5. The van der Waals surface area contributed by atoms with Gasteiger partial charge in [0, 0.05) is 55.9 Å². The number of esters is 1. The lowest BCUT2D eigenvalue weighted by atomic mass is 10.1. The number of hydrogen-bond acceptors (Lipinski definition) is 9. The molecule has 8 aromatic rings. The molecule has 0 saturated carbocycles. The number of methoxy groups -OCH3 is 1. The number of carboxylic acids is 1. The maximum absolute atomic E-state index is 13.3. The first-order chi connectivity index (χ1) is 36.8. The van der Waals surface area contributed by atoms with Crippen LogP contribution in [0.15, 0.2) is 155 Å². The number of hydrogen-bond donors (Lipinski definition) is 1. The van der Waals surface area contributed by atoms with Gasteiger partial charge in [-0.05, 0) is 159 Å². The SMILES string of the molecule is COC(=O)c1cc(N2CCCS2(=O)=O)cc(-n2c(C)ccc2-c2cc(Br)ccc2OCc2ccc(F)cc2)c1.Cc1ccc(-c2cc(Br)ccc2OCc2ccc(F)cc2)n1-c1cc(C(=O)O)cc(N2CCCS2(=O)=O)c1. The molecule has 0 bridgehead atoms. The first-order valence-corrected chi connectivity index (χ1v) is 28.9. The number of halogens is 4. The summed E-state index contributed by atoms with van der Waals surface area (Å²) in [5.41, 5.74) is 8.42. The number of ether oxygens (including phenoxy) is 3. The number of nitrogens with zero attached hydrogens (tertiary/aromatic N) is 4. The molecule has 0 unspecified atom stereocenters. The number of carboxylic acid groups (broad SMARTS) is 1.